The minimum atomic E-state index is -0.458. The van der Waals surface area contributed by atoms with Gasteiger partial charge in [0.2, 0.25) is 0 Å². The molecule has 17 heavy (non-hydrogen) atoms. The van der Waals surface area contributed by atoms with Crippen LogP contribution in [0.25, 0.3) is 0 Å². The van der Waals surface area contributed by atoms with Crippen LogP contribution in [0.1, 0.15) is 52.9 Å². The molecule has 0 spiro atoms. The van der Waals surface area contributed by atoms with Gasteiger partial charge in [-0.3, -0.25) is 4.79 Å². The molecule has 0 aromatic heterocycles. The zero-order valence-electron chi connectivity index (χ0n) is 11.4. The highest BCUT2D eigenvalue weighted by atomic mass is 16.3. The molecular formula is C14H27NO2. The zero-order valence-corrected chi connectivity index (χ0v) is 11.4. The smallest absolute Gasteiger partial charge is 0.133 e. The molecule has 1 saturated carbocycles. The Labute approximate surface area is 105 Å². The summed E-state index contributed by atoms with van der Waals surface area (Å²) in [6, 6.07) is -0.151. The number of aliphatic hydroxyl groups excluding tert-OH is 1. The molecule has 0 aliphatic heterocycles. The Morgan fingerprint density at radius 1 is 1.47 bits per heavy atom. The predicted octanol–water partition coefficient (Wildman–Crippen LogP) is 2.12. The zero-order chi connectivity index (χ0) is 13.0. The van der Waals surface area contributed by atoms with Crippen molar-refractivity contribution in [3.05, 3.63) is 0 Å². The van der Waals surface area contributed by atoms with Crippen molar-refractivity contribution < 1.29 is 9.90 Å². The van der Waals surface area contributed by atoms with Crippen LogP contribution in [0.4, 0.5) is 0 Å². The lowest BCUT2D eigenvalue weighted by Crippen LogP contribution is -2.39. The second-order valence-corrected chi connectivity index (χ2v) is 5.77. The average molecular weight is 241 g/mol. The summed E-state index contributed by atoms with van der Waals surface area (Å²) in [5, 5.41) is 10.00. The summed E-state index contributed by atoms with van der Waals surface area (Å²) in [4.78, 5) is 11.7. The maximum Gasteiger partial charge on any atom is 0.133 e. The summed E-state index contributed by atoms with van der Waals surface area (Å²) >= 11 is 0. The number of nitrogens with two attached hydrogens (primary N) is 1. The Bertz CT molecular complexity index is 255. The highest BCUT2D eigenvalue weighted by Crippen LogP contribution is 2.37. The Morgan fingerprint density at radius 2 is 2.12 bits per heavy atom. The van der Waals surface area contributed by atoms with Crippen LogP contribution in [0.2, 0.25) is 0 Å². The molecule has 3 N–H and O–H groups in total. The Balaban J connectivity index is 2.58. The van der Waals surface area contributed by atoms with Gasteiger partial charge in [-0.1, -0.05) is 20.3 Å². The number of aliphatic hydroxyl groups is 1. The average Bonchev–Trinajstić information content (AvgIpc) is 2.29. The van der Waals surface area contributed by atoms with Gasteiger partial charge in [0.1, 0.15) is 5.78 Å². The Kier molecular flexibility index (Phi) is 5.60. The number of carbonyl (C=O) groups is 1. The Morgan fingerprint density at radius 3 is 2.65 bits per heavy atom. The largest absolute Gasteiger partial charge is 0.392 e. The number of carbonyl (C=O) groups excluding carboxylic acids is 1. The van der Waals surface area contributed by atoms with Crippen molar-refractivity contribution in [1.82, 2.24) is 0 Å². The summed E-state index contributed by atoms with van der Waals surface area (Å²) in [7, 11) is 0. The molecule has 0 aromatic carbocycles. The van der Waals surface area contributed by atoms with Gasteiger partial charge in [0, 0.05) is 12.0 Å². The first-order valence-electron chi connectivity index (χ1n) is 6.89. The van der Waals surface area contributed by atoms with Gasteiger partial charge in [-0.15, -0.1) is 0 Å². The quantitative estimate of drug-likeness (QED) is 0.775. The van der Waals surface area contributed by atoms with E-state index < -0.39 is 6.10 Å². The number of hydrogen-bond donors (Lipinski definition) is 2. The van der Waals surface area contributed by atoms with Crippen molar-refractivity contribution in [2.75, 3.05) is 0 Å². The lowest BCUT2D eigenvalue weighted by Gasteiger charge is -2.35. The molecule has 1 fully saturated rings. The molecule has 1 aliphatic carbocycles. The van der Waals surface area contributed by atoms with E-state index in [9.17, 15) is 9.90 Å². The summed E-state index contributed by atoms with van der Waals surface area (Å²) in [5.41, 5.74) is 5.85. The third-order valence-corrected chi connectivity index (χ3v) is 4.29. The van der Waals surface area contributed by atoms with Gasteiger partial charge in [0.25, 0.3) is 0 Å². The maximum absolute atomic E-state index is 11.7. The van der Waals surface area contributed by atoms with E-state index in [2.05, 4.69) is 6.92 Å². The summed E-state index contributed by atoms with van der Waals surface area (Å²) in [6.45, 7) is 5.88. The van der Waals surface area contributed by atoms with Crippen molar-refractivity contribution in [3.63, 3.8) is 0 Å². The van der Waals surface area contributed by atoms with Crippen LogP contribution >= 0.6 is 0 Å². The molecule has 0 aromatic rings. The highest BCUT2D eigenvalue weighted by Gasteiger charge is 2.33. The number of hydrogen-bond acceptors (Lipinski definition) is 3. The van der Waals surface area contributed by atoms with Gasteiger partial charge >= 0.3 is 0 Å². The topological polar surface area (TPSA) is 63.3 Å². The normalized spacial score (nSPS) is 33.1. The van der Waals surface area contributed by atoms with Crippen molar-refractivity contribution in [3.8, 4) is 0 Å². The molecule has 0 amide bonds. The number of Topliss-reactive ketones (excluding diaryl/α,β-unsaturated/α-hetero) is 1. The SMILES string of the molecule is CC[C@H](N)[C@H](O)CC1CCC(C)CC1C(C)=O. The first kappa shape index (κ1) is 14.7. The predicted molar refractivity (Wildman–Crippen MR) is 69.6 cm³/mol. The molecule has 5 atom stereocenters. The van der Waals surface area contributed by atoms with Crippen molar-refractivity contribution in [2.24, 2.45) is 23.5 Å². The van der Waals surface area contributed by atoms with Crippen molar-refractivity contribution >= 4 is 5.78 Å². The molecule has 0 heterocycles. The third kappa shape index (κ3) is 4.07. The van der Waals surface area contributed by atoms with E-state index in [4.69, 9.17) is 5.73 Å². The van der Waals surface area contributed by atoms with Gasteiger partial charge in [-0.05, 0) is 44.4 Å². The third-order valence-electron chi connectivity index (χ3n) is 4.29. The number of rotatable bonds is 5. The van der Waals surface area contributed by atoms with Crippen LogP contribution in [0.3, 0.4) is 0 Å². The molecular weight excluding hydrogens is 214 g/mol. The lowest BCUT2D eigenvalue weighted by atomic mass is 9.70. The van der Waals surface area contributed by atoms with Gasteiger partial charge in [-0.2, -0.15) is 0 Å². The van der Waals surface area contributed by atoms with E-state index in [0.717, 1.165) is 19.3 Å². The second-order valence-electron chi connectivity index (χ2n) is 5.77. The maximum atomic E-state index is 11.7. The van der Waals surface area contributed by atoms with Gasteiger partial charge in [-0.25, -0.2) is 0 Å². The molecule has 3 heteroatoms. The standard InChI is InChI=1S/C14H27NO2/c1-4-13(15)14(17)8-11-6-5-9(2)7-12(11)10(3)16/h9,11-14,17H,4-8,15H2,1-3H3/t9?,11?,12?,13-,14+/m0/s1. The van der Waals surface area contributed by atoms with Gasteiger partial charge < -0.3 is 10.8 Å². The minimum absolute atomic E-state index is 0.137. The monoisotopic (exact) mass is 241 g/mol. The molecule has 0 bridgehead atoms. The molecule has 3 unspecified atom stereocenters. The summed E-state index contributed by atoms with van der Waals surface area (Å²) in [6.07, 6.45) is 4.22. The van der Waals surface area contributed by atoms with Crippen LogP contribution in [-0.4, -0.2) is 23.0 Å². The summed E-state index contributed by atoms with van der Waals surface area (Å²) in [5.74, 6) is 1.38. The van der Waals surface area contributed by atoms with E-state index >= 15 is 0 Å². The van der Waals surface area contributed by atoms with E-state index in [1.54, 1.807) is 6.92 Å². The van der Waals surface area contributed by atoms with Crippen molar-refractivity contribution in [2.45, 2.75) is 65.0 Å². The molecule has 0 saturated heterocycles. The van der Waals surface area contributed by atoms with Gasteiger partial charge in [0.05, 0.1) is 6.10 Å². The van der Waals surface area contributed by atoms with Crippen LogP contribution in [0.15, 0.2) is 0 Å². The second kappa shape index (κ2) is 6.50. The van der Waals surface area contributed by atoms with Gasteiger partial charge in [0.15, 0.2) is 0 Å². The van der Waals surface area contributed by atoms with Crippen LogP contribution in [0.5, 0.6) is 0 Å². The summed E-state index contributed by atoms with van der Waals surface area (Å²) < 4.78 is 0. The molecule has 100 valence electrons. The van der Waals surface area contributed by atoms with Crippen LogP contribution in [-0.2, 0) is 4.79 Å². The highest BCUT2D eigenvalue weighted by molar-refractivity contribution is 5.78. The molecule has 3 nitrogen and oxygen atoms in total. The molecule has 1 aliphatic rings. The van der Waals surface area contributed by atoms with Crippen LogP contribution in [0, 0.1) is 17.8 Å². The minimum Gasteiger partial charge on any atom is -0.392 e. The van der Waals surface area contributed by atoms with Crippen molar-refractivity contribution in [1.29, 1.82) is 0 Å². The van der Waals surface area contributed by atoms with E-state index in [-0.39, 0.29) is 17.7 Å². The fourth-order valence-corrected chi connectivity index (χ4v) is 2.98. The first-order chi connectivity index (χ1) is 7.95. The Hall–Kier alpha value is -0.410. The first-order valence-corrected chi connectivity index (χ1v) is 6.89. The fraction of sp³-hybridized carbons (Fsp3) is 0.929. The molecule has 0 radical (unpaired) electrons. The van der Waals surface area contributed by atoms with E-state index in [1.807, 2.05) is 6.92 Å². The van der Waals surface area contributed by atoms with E-state index in [1.165, 1.54) is 6.42 Å². The van der Waals surface area contributed by atoms with E-state index in [0.29, 0.717) is 18.3 Å². The lowest BCUT2D eigenvalue weighted by molar-refractivity contribution is -0.124. The fourth-order valence-electron chi connectivity index (χ4n) is 2.98. The number of ketones is 1. The molecule has 1 rings (SSSR count). The van der Waals surface area contributed by atoms with Crippen LogP contribution < -0.4 is 5.73 Å².